The van der Waals surface area contributed by atoms with Gasteiger partial charge in [-0.05, 0) is 36.8 Å². The number of methoxy groups -OCH3 is 1. The van der Waals surface area contributed by atoms with Crippen LogP contribution in [0.15, 0.2) is 52.7 Å². The first-order valence-corrected chi connectivity index (χ1v) is 10.2. The maximum atomic E-state index is 12.2. The maximum Gasteiger partial charge on any atom is 0.283 e. The average molecular weight is 443 g/mol. The molecule has 2 aromatic carbocycles. The molecule has 0 atom stereocenters. The van der Waals surface area contributed by atoms with Gasteiger partial charge in [0.05, 0.1) is 23.2 Å². The van der Waals surface area contributed by atoms with E-state index >= 15 is 0 Å². The van der Waals surface area contributed by atoms with Gasteiger partial charge in [-0.3, -0.25) is 9.59 Å². The van der Waals surface area contributed by atoms with E-state index in [-0.39, 0.29) is 28.7 Å². The summed E-state index contributed by atoms with van der Waals surface area (Å²) >= 11 is 5.98. The minimum Gasteiger partial charge on any atom is -0.497 e. The third kappa shape index (κ3) is 5.03. The Morgan fingerprint density at radius 2 is 2.00 bits per heavy atom. The van der Waals surface area contributed by atoms with Gasteiger partial charge in [0.2, 0.25) is 5.88 Å². The van der Waals surface area contributed by atoms with Gasteiger partial charge in [0.1, 0.15) is 12.3 Å². The molecular weight excluding hydrogens is 420 g/mol. The highest BCUT2D eigenvalue weighted by Gasteiger charge is 2.18. The number of aromatic hydroxyl groups is 1. The lowest BCUT2D eigenvalue weighted by atomic mass is 10.2. The predicted molar refractivity (Wildman–Crippen MR) is 118 cm³/mol. The van der Waals surface area contributed by atoms with E-state index in [1.54, 1.807) is 48.1 Å². The number of unbranched alkanes of at least 4 members (excludes halogenated alkanes) is 1. The van der Waals surface area contributed by atoms with Crippen molar-refractivity contribution in [1.82, 2.24) is 9.88 Å². The van der Waals surface area contributed by atoms with Crippen molar-refractivity contribution in [2.75, 3.05) is 13.7 Å². The Morgan fingerprint density at radius 1 is 1.23 bits per heavy atom. The highest BCUT2D eigenvalue weighted by Crippen LogP contribution is 2.40. The molecule has 1 heterocycles. The molecular formula is C22H23ClN4O4. The molecule has 0 unspecified atom stereocenters. The van der Waals surface area contributed by atoms with Crippen LogP contribution in [0.5, 0.6) is 11.6 Å². The fourth-order valence-corrected chi connectivity index (χ4v) is 3.33. The molecule has 0 aliphatic rings. The Kier molecular flexibility index (Phi) is 7.25. The minimum absolute atomic E-state index is 0.0756. The summed E-state index contributed by atoms with van der Waals surface area (Å²) in [5, 5.41) is 21.7. The van der Waals surface area contributed by atoms with Gasteiger partial charge < -0.3 is 19.7 Å². The number of hydrogen-bond acceptors (Lipinski definition) is 5. The third-order valence-corrected chi connectivity index (χ3v) is 5.06. The molecule has 0 fully saturated rings. The van der Waals surface area contributed by atoms with Crippen LogP contribution >= 0.6 is 11.6 Å². The van der Waals surface area contributed by atoms with Crippen molar-refractivity contribution in [2.24, 2.45) is 10.2 Å². The molecule has 2 amide bonds. The summed E-state index contributed by atoms with van der Waals surface area (Å²) in [4.78, 5) is 24.3. The summed E-state index contributed by atoms with van der Waals surface area (Å²) in [5.41, 5.74) is 1.20. The summed E-state index contributed by atoms with van der Waals surface area (Å²) < 4.78 is 6.99. The van der Waals surface area contributed by atoms with E-state index in [1.165, 1.54) is 0 Å². The zero-order chi connectivity index (χ0) is 22.4. The van der Waals surface area contributed by atoms with E-state index < -0.39 is 11.8 Å². The molecule has 3 rings (SSSR count). The molecule has 0 aliphatic carbocycles. The molecule has 0 spiro atoms. The van der Waals surface area contributed by atoms with Crippen LogP contribution in [0.25, 0.3) is 10.9 Å². The van der Waals surface area contributed by atoms with E-state index in [1.807, 2.05) is 6.07 Å². The van der Waals surface area contributed by atoms with E-state index in [0.29, 0.717) is 17.7 Å². The number of halogens is 1. The second-order valence-electron chi connectivity index (χ2n) is 6.82. The summed E-state index contributed by atoms with van der Waals surface area (Å²) in [6.45, 7) is 2.30. The number of benzene rings is 2. The lowest BCUT2D eigenvalue weighted by Gasteiger charge is -2.05. The van der Waals surface area contributed by atoms with Crippen LogP contribution in [0.4, 0.5) is 5.69 Å². The number of aromatic nitrogens is 1. The second-order valence-corrected chi connectivity index (χ2v) is 7.22. The van der Waals surface area contributed by atoms with E-state index in [4.69, 9.17) is 16.3 Å². The molecule has 31 heavy (non-hydrogen) atoms. The average Bonchev–Trinajstić information content (AvgIpc) is 3.04. The van der Waals surface area contributed by atoms with Crippen LogP contribution in [0, 0.1) is 0 Å². The first-order valence-electron chi connectivity index (χ1n) is 9.82. The SMILES string of the molecule is CCCCn1c(O)c(N=NC(=O)CNC(=O)c2ccccc2Cl)c2cc(OC)ccc21. The number of nitrogens with one attached hydrogen (secondary N) is 1. The van der Waals surface area contributed by atoms with E-state index in [0.717, 1.165) is 18.4 Å². The number of fused-ring (bicyclic) bond motifs is 1. The first-order chi connectivity index (χ1) is 15.0. The maximum absolute atomic E-state index is 12.2. The number of rotatable bonds is 8. The van der Waals surface area contributed by atoms with E-state index in [9.17, 15) is 14.7 Å². The van der Waals surface area contributed by atoms with Gasteiger partial charge in [0.25, 0.3) is 11.8 Å². The van der Waals surface area contributed by atoms with Crippen molar-refractivity contribution >= 4 is 40.0 Å². The lowest BCUT2D eigenvalue weighted by Crippen LogP contribution is -2.28. The Balaban J connectivity index is 1.79. The number of aryl methyl sites for hydroxylation is 1. The zero-order valence-electron chi connectivity index (χ0n) is 17.3. The topological polar surface area (TPSA) is 105 Å². The van der Waals surface area contributed by atoms with Crippen LogP contribution < -0.4 is 10.1 Å². The Hall–Kier alpha value is -3.39. The molecule has 0 radical (unpaired) electrons. The van der Waals surface area contributed by atoms with Crippen molar-refractivity contribution in [2.45, 2.75) is 26.3 Å². The fourth-order valence-electron chi connectivity index (χ4n) is 3.11. The van der Waals surface area contributed by atoms with Gasteiger partial charge in [0.15, 0.2) is 5.69 Å². The van der Waals surface area contributed by atoms with Gasteiger partial charge >= 0.3 is 0 Å². The Morgan fingerprint density at radius 3 is 2.71 bits per heavy atom. The first kappa shape index (κ1) is 22.3. The molecule has 0 bridgehead atoms. The number of ether oxygens (including phenoxy) is 1. The summed E-state index contributed by atoms with van der Waals surface area (Å²) in [7, 11) is 1.54. The summed E-state index contributed by atoms with van der Waals surface area (Å²) in [5.74, 6) is -0.640. The van der Waals surface area contributed by atoms with Crippen LogP contribution in [-0.2, 0) is 11.3 Å². The molecule has 2 N–H and O–H groups in total. The van der Waals surface area contributed by atoms with Crippen LogP contribution in [0.2, 0.25) is 5.02 Å². The number of amides is 2. The largest absolute Gasteiger partial charge is 0.497 e. The number of nitrogens with zero attached hydrogens (tertiary/aromatic N) is 3. The predicted octanol–water partition coefficient (Wildman–Crippen LogP) is 4.85. The van der Waals surface area contributed by atoms with Crippen molar-refractivity contribution in [3.05, 3.63) is 53.1 Å². The number of azo groups is 1. The van der Waals surface area contributed by atoms with Crippen molar-refractivity contribution in [3.63, 3.8) is 0 Å². The van der Waals surface area contributed by atoms with Crippen molar-refractivity contribution < 1.29 is 19.4 Å². The van der Waals surface area contributed by atoms with Gasteiger partial charge in [-0.25, -0.2) is 0 Å². The second kappa shape index (κ2) is 10.1. The molecule has 1 aromatic heterocycles. The Labute approximate surface area is 184 Å². The molecule has 0 saturated carbocycles. The zero-order valence-corrected chi connectivity index (χ0v) is 18.0. The monoisotopic (exact) mass is 442 g/mol. The number of carbonyl (C=O) groups is 2. The molecule has 162 valence electrons. The highest BCUT2D eigenvalue weighted by molar-refractivity contribution is 6.33. The normalized spacial score (nSPS) is 11.2. The van der Waals surface area contributed by atoms with Crippen molar-refractivity contribution in [3.8, 4) is 11.6 Å². The highest BCUT2D eigenvalue weighted by atomic mass is 35.5. The minimum atomic E-state index is -0.669. The van der Waals surface area contributed by atoms with E-state index in [2.05, 4.69) is 22.5 Å². The molecule has 3 aromatic rings. The molecule has 9 heteroatoms. The fraction of sp³-hybridized carbons (Fsp3) is 0.273. The van der Waals surface area contributed by atoms with Crippen LogP contribution in [0.1, 0.15) is 30.1 Å². The van der Waals surface area contributed by atoms with Crippen molar-refractivity contribution in [1.29, 1.82) is 0 Å². The quantitative estimate of drug-likeness (QED) is 0.486. The van der Waals surface area contributed by atoms with Gasteiger partial charge in [0, 0.05) is 11.9 Å². The number of carbonyl (C=O) groups excluding carboxylic acids is 2. The lowest BCUT2D eigenvalue weighted by molar-refractivity contribution is -0.117. The van der Waals surface area contributed by atoms with Crippen LogP contribution in [0.3, 0.4) is 0 Å². The molecule has 8 nitrogen and oxygen atoms in total. The standard InChI is InChI=1S/C22H23ClN4O4/c1-3-4-11-27-18-10-9-14(31-2)12-16(18)20(22(27)30)26-25-19(28)13-24-21(29)15-7-5-6-8-17(15)23/h5-10,12,30H,3-4,11,13H2,1-2H3,(H,24,29). The van der Waals surface area contributed by atoms with Gasteiger partial charge in [-0.1, -0.05) is 37.1 Å². The summed E-state index contributed by atoms with van der Waals surface area (Å²) in [6, 6.07) is 11.9. The Bertz CT molecular complexity index is 1140. The smallest absolute Gasteiger partial charge is 0.283 e. The third-order valence-electron chi connectivity index (χ3n) is 4.73. The molecule has 0 saturated heterocycles. The van der Waals surface area contributed by atoms with Gasteiger partial charge in [-0.2, -0.15) is 0 Å². The van der Waals surface area contributed by atoms with Crippen LogP contribution in [-0.4, -0.2) is 35.1 Å². The number of hydrogen-bond donors (Lipinski definition) is 2. The summed E-state index contributed by atoms with van der Waals surface area (Å²) in [6.07, 6.45) is 1.82. The van der Waals surface area contributed by atoms with Gasteiger partial charge in [-0.15, -0.1) is 10.2 Å². The molecule has 0 aliphatic heterocycles.